The van der Waals surface area contributed by atoms with Crippen molar-refractivity contribution < 1.29 is 23.4 Å². The van der Waals surface area contributed by atoms with Crippen LogP contribution >= 0.6 is 11.3 Å². The summed E-state index contributed by atoms with van der Waals surface area (Å²) in [4.78, 5) is 13.1. The first kappa shape index (κ1) is 17.8. The van der Waals surface area contributed by atoms with Crippen LogP contribution in [-0.2, 0) is 16.1 Å². The van der Waals surface area contributed by atoms with E-state index < -0.39 is 5.82 Å². The second-order valence-corrected chi connectivity index (χ2v) is 6.66. The van der Waals surface area contributed by atoms with Crippen LogP contribution in [0.4, 0.5) is 10.1 Å². The zero-order chi connectivity index (χ0) is 17.6. The van der Waals surface area contributed by atoms with Crippen LogP contribution in [0.25, 0.3) is 0 Å². The van der Waals surface area contributed by atoms with Gasteiger partial charge in [-0.05, 0) is 36.4 Å². The van der Waals surface area contributed by atoms with E-state index in [1.807, 2.05) is 11.4 Å². The SMILES string of the molecule is COCc1ccsc1C(=O)Nc1cc(F)ccc1OCC1CCCO1. The van der Waals surface area contributed by atoms with Crippen molar-refractivity contribution in [1.29, 1.82) is 0 Å². The number of nitrogens with one attached hydrogen (secondary N) is 1. The van der Waals surface area contributed by atoms with E-state index in [0.717, 1.165) is 25.0 Å². The van der Waals surface area contributed by atoms with Crippen molar-refractivity contribution in [3.05, 3.63) is 45.9 Å². The summed E-state index contributed by atoms with van der Waals surface area (Å²) in [6.45, 7) is 1.46. The minimum absolute atomic E-state index is 0.0409. The average molecular weight is 365 g/mol. The molecule has 134 valence electrons. The summed E-state index contributed by atoms with van der Waals surface area (Å²) in [6.07, 6.45) is 2.00. The van der Waals surface area contributed by atoms with Crippen LogP contribution in [0.1, 0.15) is 28.1 Å². The van der Waals surface area contributed by atoms with Crippen LogP contribution in [0.3, 0.4) is 0 Å². The molecule has 25 heavy (non-hydrogen) atoms. The van der Waals surface area contributed by atoms with Crippen molar-refractivity contribution in [3.8, 4) is 5.75 Å². The summed E-state index contributed by atoms with van der Waals surface area (Å²) < 4.78 is 30.0. The molecule has 0 bridgehead atoms. The Hall–Kier alpha value is -1.96. The van der Waals surface area contributed by atoms with Gasteiger partial charge in [0.1, 0.15) is 18.2 Å². The van der Waals surface area contributed by atoms with Gasteiger partial charge < -0.3 is 19.5 Å². The van der Waals surface area contributed by atoms with Gasteiger partial charge in [0.2, 0.25) is 0 Å². The van der Waals surface area contributed by atoms with Crippen molar-refractivity contribution in [2.45, 2.75) is 25.6 Å². The number of methoxy groups -OCH3 is 1. The monoisotopic (exact) mass is 365 g/mol. The number of ether oxygens (including phenoxy) is 3. The largest absolute Gasteiger partial charge is 0.489 e. The number of thiophene rings is 1. The molecule has 1 N–H and O–H groups in total. The molecule has 7 heteroatoms. The van der Waals surface area contributed by atoms with Crippen molar-refractivity contribution >= 4 is 22.9 Å². The van der Waals surface area contributed by atoms with Crippen LogP contribution in [-0.4, -0.2) is 32.3 Å². The first-order chi connectivity index (χ1) is 12.2. The molecule has 1 amide bonds. The molecule has 1 aliphatic rings. The fourth-order valence-corrected chi connectivity index (χ4v) is 3.47. The number of amides is 1. The van der Waals surface area contributed by atoms with E-state index in [2.05, 4.69) is 5.32 Å². The fourth-order valence-electron chi connectivity index (χ4n) is 2.67. The zero-order valence-electron chi connectivity index (χ0n) is 13.9. The van der Waals surface area contributed by atoms with E-state index in [1.165, 1.54) is 29.5 Å². The molecular formula is C18H20FNO4S. The van der Waals surface area contributed by atoms with Gasteiger partial charge in [-0.3, -0.25) is 4.79 Å². The number of rotatable bonds is 7. The highest BCUT2D eigenvalue weighted by molar-refractivity contribution is 7.12. The van der Waals surface area contributed by atoms with Crippen molar-refractivity contribution in [2.75, 3.05) is 25.6 Å². The molecule has 0 saturated carbocycles. The topological polar surface area (TPSA) is 56.8 Å². The molecule has 1 fully saturated rings. The maximum absolute atomic E-state index is 13.6. The van der Waals surface area contributed by atoms with Crippen molar-refractivity contribution in [1.82, 2.24) is 0 Å². The smallest absolute Gasteiger partial charge is 0.266 e. The zero-order valence-corrected chi connectivity index (χ0v) is 14.7. The summed E-state index contributed by atoms with van der Waals surface area (Å²) in [5, 5.41) is 4.56. The van der Waals surface area contributed by atoms with E-state index in [9.17, 15) is 9.18 Å². The molecule has 1 aromatic carbocycles. The highest BCUT2D eigenvalue weighted by atomic mass is 32.1. The molecule has 1 atom stereocenters. The van der Waals surface area contributed by atoms with Crippen LogP contribution in [0.5, 0.6) is 5.75 Å². The number of hydrogen-bond acceptors (Lipinski definition) is 5. The molecule has 0 aliphatic carbocycles. The molecule has 3 rings (SSSR count). The van der Waals surface area contributed by atoms with Gasteiger partial charge in [0.15, 0.2) is 0 Å². The van der Waals surface area contributed by atoms with Gasteiger partial charge in [0.05, 0.1) is 23.3 Å². The summed E-state index contributed by atoms with van der Waals surface area (Å²) in [6, 6.07) is 5.92. The van der Waals surface area contributed by atoms with Gasteiger partial charge in [-0.1, -0.05) is 0 Å². The number of carbonyl (C=O) groups excluding carboxylic acids is 1. The highest BCUT2D eigenvalue weighted by Gasteiger charge is 2.19. The first-order valence-corrected chi connectivity index (χ1v) is 8.96. The lowest BCUT2D eigenvalue weighted by Crippen LogP contribution is -2.18. The molecule has 1 unspecified atom stereocenters. The second-order valence-electron chi connectivity index (χ2n) is 5.75. The Morgan fingerprint density at radius 2 is 2.32 bits per heavy atom. The number of carbonyl (C=O) groups is 1. The minimum atomic E-state index is -0.442. The molecular weight excluding hydrogens is 345 g/mol. The highest BCUT2D eigenvalue weighted by Crippen LogP contribution is 2.28. The summed E-state index contributed by atoms with van der Waals surface area (Å²) >= 11 is 1.31. The number of anilines is 1. The van der Waals surface area contributed by atoms with Crippen molar-refractivity contribution in [2.24, 2.45) is 0 Å². The van der Waals surface area contributed by atoms with Gasteiger partial charge in [0, 0.05) is 25.3 Å². The molecule has 1 aromatic heterocycles. The molecule has 0 spiro atoms. The lowest BCUT2D eigenvalue weighted by atomic mass is 10.2. The van der Waals surface area contributed by atoms with E-state index in [-0.39, 0.29) is 12.0 Å². The third-order valence-electron chi connectivity index (χ3n) is 3.89. The van der Waals surface area contributed by atoms with Gasteiger partial charge >= 0.3 is 0 Å². The Labute approximate surface area is 149 Å². The van der Waals surface area contributed by atoms with Gasteiger partial charge in [-0.25, -0.2) is 4.39 Å². The Balaban J connectivity index is 1.72. The van der Waals surface area contributed by atoms with E-state index in [0.29, 0.717) is 29.5 Å². The quantitative estimate of drug-likeness (QED) is 0.810. The summed E-state index contributed by atoms with van der Waals surface area (Å²) in [7, 11) is 1.57. The molecule has 2 aromatic rings. The van der Waals surface area contributed by atoms with Crippen LogP contribution in [0.15, 0.2) is 29.6 Å². The molecule has 0 radical (unpaired) electrons. The van der Waals surface area contributed by atoms with Gasteiger partial charge in [-0.2, -0.15) is 0 Å². The van der Waals surface area contributed by atoms with Crippen LogP contribution in [0.2, 0.25) is 0 Å². The minimum Gasteiger partial charge on any atom is -0.489 e. The first-order valence-electron chi connectivity index (χ1n) is 8.08. The third kappa shape index (κ3) is 4.56. The molecule has 1 saturated heterocycles. The Bertz CT molecular complexity index is 728. The standard InChI is InChI=1S/C18H20FNO4S/c1-22-10-12-6-8-25-17(12)18(21)20-15-9-13(19)4-5-16(15)24-11-14-3-2-7-23-14/h4-6,8-9,14H,2-3,7,10-11H2,1H3,(H,20,21). The predicted octanol–water partition coefficient (Wildman–Crippen LogP) is 3.84. The molecule has 1 aliphatic heterocycles. The van der Waals surface area contributed by atoms with E-state index in [1.54, 1.807) is 7.11 Å². The van der Waals surface area contributed by atoms with Gasteiger partial charge in [0.25, 0.3) is 5.91 Å². The molecule has 5 nitrogen and oxygen atoms in total. The third-order valence-corrected chi connectivity index (χ3v) is 4.85. The fraction of sp³-hybridized carbons (Fsp3) is 0.389. The average Bonchev–Trinajstić information content (AvgIpc) is 3.26. The van der Waals surface area contributed by atoms with Gasteiger partial charge in [-0.15, -0.1) is 11.3 Å². The maximum Gasteiger partial charge on any atom is 0.266 e. The van der Waals surface area contributed by atoms with E-state index >= 15 is 0 Å². The Morgan fingerprint density at radius 1 is 1.44 bits per heavy atom. The Morgan fingerprint density at radius 3 is 3.08 bits per heavy atom. The second kappa shape index (κ2) is 8.42. The number of halogens is 1. The summed E-state index contributed by atoms with van der Waals surface area (Å²) in [5.41, 5.74) is 1.10. The summed E-state index contributed by atoms with van der Waals surface area (Å²) in [5.74, 6) is -0.326. The number of hydrogen-bond donors (Lipinski definition) is 1. The maximum atomic E-state index is 13.6. The lowest BCUT2D eigenvalue weighted by Gasteiger charge is -2.15. The van der Waals surface area contributed by atoms with Crippen LogP contribution < -0.4 is 10.1 Å². The predicted molar refractivity (Wildman–Crippen MR) is 93.9 cm³/mol. The van der Waals surface area contributed by atoms with Crippen molar-refractivity contribution in [3.63, 3.8) is 0 Å². The number of benzene rings is 1. The van der Waals surface area contributed by atoms with Crippen LogP contribution in [0, 0.1) is 5.82 Å². The normalized spacial score (nSPS) is 16.8. The molecule has 2 heterocycles. The Kier molecular flexibility index (Phi) is 6.01. The van der Waals surface area contributed by atoms with E-state index in [4.69, 9.17) is 14.2 Å². The lowest BCUT2D eigenvalue weighted by molar-refractivity contribution is 0.0681.